The average Bonchev–Trinajstić information content (AvgIpc) is 2.49. The Hall–Kier alpha value is -1.90. The van der Waals surface area contributed by atoms with Crippen LogP contribution in [0, 0.1) is 6.92 Å². The molecule has 0 aliphatic heterocycles. The van der Waals surface area contributed by atoms with E-state index in [1.165, 1.54) is 0 Å². The number of rotatable bonds is 2. The van der Waals surface area contributed by atoms with Gasteiger partial charge in [-0.25, -0.2) is 0 Å². The Morgan fingerprint density at radius 2 is 1.86 bits per heavy atom. The molecule has 0 radical (unpaired) electrons. The third-order valence-corrected chi connectivity index (χ3v) is 4.11. The minimum Gasteiger partial charge on any atom is -0.289 e. The minimum atomic E-state index is -0.148. The molecule has 104 valence electrons. The van der Waals surface area contributed by atoms with Crippen molar-refractivity contribution >= 4 is 39.9 Å². The molecule has 2 nitrogen and oxygen atoms in total. The summed E-state index contributed by atoms with van der Waals surface area (Å²) >= 11 is 12.1. The highest BCUT2D eigenvalue weighted by atomic mass is 35.5. The van der Waals surface area contributed by atoms with Crippen molar-refractivity contribution in [2.24, 2.45) is 0 Å². The Balaban J connectivity index is 2.09. The molecule has 0 aliphatic carbocycles. The molecule has 0 aliphatic rings. The van der Waals surface area contributed by atoms with E-state index in [0.29, 0.717) is 16.1 Å². The number of ketones is 1. The smallest absolute Gasteiger partial charge is 0.194 e. The molecule has 3 aromatic rings. The summed E-state index contributed by atoms with van der Waals surface area (Å²) in [5.41, 5.74) is 2.78. The van der Waals surface area contributed by atoms with Crippen molar-refractivity contribution in [3.8, 4) is 0 Å². The minimum absolute atomic E-state index is 0.148. The molecule has 2 aromatic carbocycles. The normalized spacial score (nSPS) is 10.8. The van der Waals surface area contributed by atoms with E-state index < -0.39 is 0 Å². The SMILES string of the molecule is Cc1ccc2cc(C(=O)c3cccc(Cl)c3Cl)ccc2n1. The maximum atomic E-state index is 12.6. The summed E-state index contributed by atoms with van der Waals surface area (Å²) in [6, 6.07) is 14.3. The van der Waals surface area contributed by atoms with Crippen LogP contribution in [-0.2, 0) is 0 Å². The number of carbonyl (C=O) groups excluding carboxylic acids is 1. The van der Waals surface area contributed by atoms with Crippen molar-refractivity contribution in [2.75, 3.05) is 0 Å². The van der Waals surface area contributed by atoms with E-state index in [1.807, 2.05) is 31.2 Å². The van der Waals surface area contributed by atoms with Gasteiger partial charge in [-0.05, 0) is 43.3 Å². The molecular formula is C17H11Cl2NO. The first-order chi connectivity index (χ1) is 10.1. The van der Waals surface area contributed by atoms with Crippen LogP contribution in [-0.4, -0.2) is 10.8 Å². The molecular weight excluding hydrogens is 305 g/mol. The van der Waals surface area contributed by atoms with Gasteiger partial charge in [0, 0.05) is 22.2 Å². The number of fused-ring (bicyclic) bond motifs is 1. The molecule has 4 heteroatoms. The monoisotopic (exact) mass is 315 g/mol. The molecule has 0 saturated carbocycles. The van der Waals surface area contributed by atoms with Crippen molar-refractivity contribution in [1.82, 2.24) is 4.98 Å². The van der Waals surface area contributed by atoms with Crippen LogP contribution in [0.5, 0.6) is 0 Å². The fraction of sp³-hybridized carbons (Fsp3) is 0.0588. The predicted octanol–water partition coefficient (Wildman–Crippen LogP) is 5.08. The average molecular weight is 316 g/mol. The first-order valence-corrected chi connectivity index (χ1v) is 7.18. The largest absolute Gasteiger partial charge is 0.289 e. The summed E-state index contributed by atoms with van der Waals surface area (Å²) in [6.07, 6.45) is 0. The van der Waals surface area contributed by atoms with E-state index in [4.69, 9.17) is 23.2 Å². The molecule has 1 aromatic heterocycles. The van der Waals surface area contributed by atoms with Gasteiger partial charge in [0.05, 0.1) is 15.6 Å². The maximum Gasteiger partial charge on any atom is 0.194 e. The Bertz CT molecular complexity index is 859. The Labute approximate surface area is 132 Å². The number of hydrogen-bond donors (Lipinski definition) is 0. The van der Waals surface area contributed by atoms with Gasteiger partial charge in [-0.1, -0.05) is 35.3 Å². The van der Waals surface area contributed by atoms with Crippen LogP contribution in [0.2, 0.25) is 10.0 Å². The van der Waals surface area contributed by atoms with Gasteiger partial charge >= 0.3 is 0 Å². The van der Waals surface area contributed by atoms with Crippen LogP contribution in [0.25, 0.3) is 10.9 Å². The van der Waals surface area contributed by atoms with Crippen LogP contribution < -0.4 is 0 Å². The Kier molecular flexibility index (Phi) is 3.66. The second kappa shape index (κ2) is 5.47. The van der Waals surface area contributed by atoms with Crippen LogP contribution in [0.4, 0.5) is 0 Å². The van der Waals surface area contributed by atoms with Crippen LogP contribution in [0.15, 0.2) is 48.5 Å². The van der Waals surface area contributed by atoms with E-state index in [-0.39, 0.29) is 10.8 Å². The molecule has 0 unspecified atom stereocenters. The van der Waals surface area contributed by atoms with Crippen molar-refractivity contribution in [2.45, 2.75) is 6.92 Å². The van der Waals surface area contributed by atoms with E-state index in [9.17, 15) is 4.79 Å². The summed E-state index contributed by atoms with van der Waals surface area (Å²) in [6.45, 7) is 1.93. The third kappa shape index (κ3) is 2.65. The third-order valence-electron chi connectivity index (χ3n) is 3.29. The number of aromatic nitrogens is 1. The first kappa shape index (κ1) is 14.1. The van der Waals surface area contributed by atoms with Gasteiger partial charge in [-0.15, -0.1) is 0 Å². The molecule has 0 spiro atoms. The molecule has 0 N–H and O–H groups in total. The van der Waals surface area contributed by atoms with Crippen molar-refractivity contribution in [1.29, 1.82) is 0 Å². The summed E-state index contributed by atoms with van der Waals surface area (Å²) in [5.74, 6) is -0.148. The second-order valence-corrected chi connectivity index (χ2v) is 5.58. The van der Waals surface area contributed by atoms with Gasteiger partial charge in [-0.3, -0.25) is 9.78 Å². The molecule has 3 rings (SSSR count). The summed E-state index contributed by atoms with van der Waals surface area (Å²) < 4.78 is 0. The van der Waals surface area contributed by atoms with E-state index in [1.54, 1.807) is 24.3 Å². The summed E-state index contributed by atoms with van der Waals surface area (Å²) in [5, 5.41) is 1.58. The van der Waals surface area contributed by atoms with E-state index >= 15 is 0 Å². The molecule has 0 bridgehead atoms. The van der Waals surface area contributed by atoms with Gasteiger partial charge in [0.1, 0.15) is 0 Å². The highest BCUT2D eigenvalue weighted by Crippen LogP contribution is 2.28. The highest BCUT2D eigenvalue weighted by Gasteiger charge is 2.15. The van der Waals surface area contributed by atoms with E-state index in [2.05, 4.69) is 4.98 Å². The van der Waals surface area contributed by atoms with Crippen molar-refractivity contribution in [3.05, 3.63) is 75.4 Å². The van der Waals surface area contributed by atoms with Gasteiger partial charge in [0.2, 0.25) is 0 Å². The van der Waals surface area contributed by atoms with Crippen molar-refractivity contribution < 1.29 is 4.79 Å². The van der Waals surface area contributed by atoms with Crippen LogP contribution >= 0.6 is 23.2 Å². The van der Waals surface area contributed by atoms with Crippen LogP contribution in [0.1, 0.15) is 21.6 Å². The lowest BCUT2D eigenvalue weighted by Gasteiger charge is -2.06. The number of nitrogens with zero attached hydrogens (tertiary/aromatic N) is 1. The lowest BCUT2D eigenvalue weighted by molar-refractivity contribution is 0.103. The molecule has 0 atom stereocenters. The van der Waals surface area contributed by atoms with Gasteiger partial charge < -0.3 is 0 Å². The number of benzene rings is 2. The lowest BCUT2D eigenvalue weighted by atomic mass is 10.0. The van der Waals surface area contributed by atoms with Crippen molar-refractivity contribution in [3.63, 3.8) is 0 Å². The number of halogens is 2. The zero-order chi connectivity index (χ0) is 15.0. The summed E-state index contributed by atoms with van der Waals surface area (Å²) in [4.78, 5) is 17.0. The first-order valence-electron chi connectivity index (χ1n) is 6.42. The molecule has 0 amide bonds. The Morgan fingerprint density at radius 1 is 1.05 bits per heavy atom. The zero-order valence-electron chi connectivity index (χ0n) is 11.2. The van der Waals surface area contributed by atoms with Gasteiger partial charge in [-0.2, -0.15) is 0 Å². The van der Waals surface area contributed by atoms with Gasteiger partial charge in [0.25, 0.3) is 0 Å². The number of carbonyl (C=O) groups is 1. The fourth-order valence-electron chi connectivity index (χ4n) is 2.20. The second-order valence-electron chi connectivity index (χ2n) is 4.79. The number of aryl methyl sites for hydroxylation is 1. The number of hydrogen-bond acceptors (Lipinski definition) is 2. The molecule has 21 heavy (non-hydrogen) atoms. The van der Waals surface area contributed by atoms with Crippen LogP contribution in [0.3, 0.4) is 0 Å². The number of pyridine rings is 1. The summed E-state index contributed by atoms with van der Waals surface area (Å²) in [7, 11) is 0. The quantitative estimate of drug-likeness (QED) is 0.617. The zero-order valence-corrected chi connectivity index (χ0v) is 12.7. The maximum absolute atomic E-state index is 12.6. The molecule has 1 heterocycles. The Morgan fingerprint density at radius 3 is 2.67 bits per heavy atom. The highest BCUT2D eigenvalue weighted by molar-refractivity contribution is 6.44. The fourth-order valence-corrected chi connectivity index (χ4v) is 2.59. The molecule has 0 fully saturated rings. The predicted molar refractivity (Wildman–Crippen MR) is 86.4 cm³/mol. The topological polar surface area (TPSA) is 30.0 Å². The lowest BCUT2D eigenvalue weighted by Crippen LogP contribution is -2.02. The van der Waals surface area contributed by atoms with E-state index in [0.717, 1.165) is 16.6 Å². The standard InChI is InChI=1S/C17H11Cl2NO/c1-10-5-6-11-9-12(7-8-15(11)20-10)17(21)13-3-2-4-14(18)16(13)19/h2-9H,1H3. The molecule has 0 saturated heterocycles. The van der Waals surface area contributed by atoms with Gasteiger partial charge in [0.15, 0.2) is 5.78 Å².